The van der Waals surface area contributed by atoms with Crippen LogP contribution in [-0.4, -0.2) is 28.7 Å². The zero-order valence-electron chi connectivity index (χ0n) is 43.0. The summed E-state index contributed by atoms with van der Waals surface area (Å²) in [5.41, 5.74) is 14.8. The average Bonchev–Trinajstić information content (AvgIpc) is 4.36. The molecule has 0 fully saturated rings. The fraction of sp³-hybridized carbons (Fsp3) is 0. The second-order valence-electron chi connectivity index (χ2n) is 20.7. The molecule has 372 valence electrons. The third kappa shape index (κ3) is 6.81. The zero-order valence-corrected chi connectivity index (χ0v) is 43.8. The number of benzene rings is 12. The van der Waals surface area contributed by atoms with Gasteiger partial charge in [0.25, 0.3) is 0 Å². The Morgan fingerprint density at radius 2 is 0.713 bits per heavy atom. The Kier molecular flexibility index (Phi) is 9.78. The number of rotatable bonds is 7. The molecule has 17 rings (SSSR count). The highest BCUT2D eigenvalue weighted by Gasteiger charge is 2.23. The number of thiophene rings is 1. The van der Waals surface area contributed by atoms with Crippen LogP contribution in [0.1, 0.15) is 0 Å². The molecule has 0 radical (unpaired) electrons. The van der Waals surface area contributed by atoms with Crippen molar-refractivity contribution in [2.45, 2.75) is 0 Å². The average molecular weight is 1040 g/mol. The predicted octanol–water partition coefficient (Wildman–Crippen LogP) is 19.4. The van der Waals surface area contributed by atoms with Crippen LogP contribution in [0.4, 0.5) is 0 Å². The van der Waals surface area contributed by atoms with E-state index in [-0.39, 0.29) is 0 Å². The summed E-state index contributed by atoms with van der Waals surface area (Å²) in [7, 11) is 0. The third-order valence-electron chi connectivity index (χ3n) is 16.3. The third-order valence-corrected chi connectivity index (χ3v) is 17.4. The summed E-state index contributed by atoms with van der Waals surface area (Å²) in [4.78, 5) is 16.8. The van der Waals surface area contributed by atoms with Gasteiger partial charge in [0.2, 0.25) is 0 Å². The van der Waals surface area contributed by atoms with Gasteiger partial charge in [-0.05, 0) is 119 Å². The van der Waals surface area contributed by atoms with Crippen LogP contribution in [-0.2, 0) is 0 Å². The second kappa shape index (κ2) is 17.5. The van der Waals surface area contributed by atoms with Gasteiger partial charge in [-0.15, -0.1) is 11.3 Å². The summed E-state index contributed by atoms with van der Waals surface area (Å²) in [6.07, 6.45) is 0. The van der Waals surface area contributed by atoms with Gasteiger partial charge in [0, 0.05) is 86.2 Å². The van der Waals surface area contributed by atoms with Crippen molar-refractivity contribution in [3.05, 3.63) is 267 Å². The maximum atomic E-state index is 5.63. The largest absolute Gasteiger partial charge is 0.309 e. The van der Waals surface area contributed by atoms with Gasteiger partial charge in [-0.1, -0.05) is 170 Å². The van der Waals surface area contributed by atoms with Crippen LogP contribution in [0.5, 0.6) is 0 Å². The van der Waals surface area contributed by atoms with Crippen LogP contribution in [0.3, 0.4) is 0 Å². The molecule has 0 bridgehead atoms. The molecule has 0 N–H and O–H groups in total. The number of hydrogen-bond donors (Lipinski definition) is 0. The van der Waals surface area contributed by atoms with E-state index >= 15 is 0 Å². The molecular formula is C73H44N6S. The number of aromatic nitrogens is 6. The van der Waals surface area contributed by atoms with Gasteiger partial charge in [-0.3, -0.25) is 0 Å². The van der Waals surface area contributed by atoms with E-state index in [1.807, 2.05) is 11.3 Å². The minimum atomic E-state index is 0.587. The molecule has 0 unspecified atom stereocenters. The maximum Gasteiger partial charge on any atom is 0.164 e. The van der Waals surface area contributed by atoms with Crippen LogP contribution in [0, 0.1) is 0 Å². The summed E-state index contributed by atoms with van der Waals surface area (Å²) < 4.78 is 9.62. The van der Waals surface area contributed by atoms with E-state index in [0.717, 1.165) is 88.8 Å². The van der Waals surface area contributed by atoms with Crippen molar-refractivity contribution in [3.8, 4) is 62.4 Å². The highest BCUT2D eigenvalue weighted by molar-refractivity contribution is 7.26. The molecule has 7 heteroatoms. The van der Waals surface area contributed by atoms with E-state index in [1.54, 1.807) is 0 Å². The van der Waals surface area contributed by atoms with Crippen LogP contribution in [0.25, 0.3) is 159 Å². The lowest BCUT2D eigenvalue weighted by Gasteiger charge is -2.16. The van der Waals surface area contributed by atoms with Gasteiger partial charge in [-0.2, -0.15) is 0 Å². The molecule has 0 aliphatic carbocycles. The normalized spacial score (nSPS) is 12.0. The first kappa shape index (κ1) is 44.6. The Morgan fingerprint density at radius 1 is 0.250 bits per heavy atom. The number of fused-ring (bicyclic) bond motifs is 13. The van der Waals surface area contributed by atoms with E-state index in [4.69, 9.17) is 15.0 Å². The first-order chi connectivity index (χ1) is 39.7. The Bertz CT molecular complexity index is 5200. The molecule has 0 amide bonds. The molecular weight excluding hydrogens is 993 g/mol. The number of hydrogen-bond acceptors (Lipinski definition) is 4. The smallest absolute Gasteiger partial charge is 0.164 e. The number of para-hydroxylation sites is 5. The lowest BCUT2D eigenvalue weighted by atomic mass is 9.94. The van der Waals surface area contributed by atoms with E-state index in [9.17, 15) is 0 Å². The Labute approximate surface area is 463 Å². The Hall–Kier alpha value is -10.5. The van der Waals surface area contributed by atoms with Crippen LogP contribution in [0.2, 0.25) is 0 Å². The first-order valence-corrected chi connectivity index (χ1v) is 27.9. The maximum absolute atomic E-state index is 5.63. The lowest BCUT2D eigenvalue weighted by Crippen LogP contribution is -2.03. The van der Waals surface area contributed by atoms with Crippen molar-refractivity contribution in [2.75, 3.05) is 0 Å². The van der Waals surface area contributed by atoms with Gasteiger partial charge in [-0.25, -0.2) is 15.0 Å². The fourth-order valence-corrected chi connectivity index (χ4v) is 13.8. The Morgan fingerprint density at radius 3 is 1.32 bits per heavy atom. The van der Waals surface area contributed by atoms with Gasteiger partial charge < -0.3 is 13.7 Å². The summed E-state index contributed by atoms with van der Waals surface area (Å²) in [6, 6.07) is 96.4. The number of nitrogens with zero attached hydrogens (tertiary/aromatic N) is 6. The van der Waals surface area contributed by atoms with Gasteiger partial charge in [0.1, 0.15) is 0 Å². The summed E-state index contributed by atoms with van der Waals surface area (Å²) in [5.74, 6) is 1.76. The first-order valence-electron chi connectivity index (χ1n) is 27.1. The summed E-state index contributed by atoms with van der Waals surface area (Å²) >= 11 is 1.83. The standard InChI is InChI=1S/C73H44N6S/c1-3-20-49(21-4-1)77-62-29-13-9-24-52(62)55-37-34-47(42-65(55)77)71-74-72(48-35-38-56-53-25-10-14-30-63(53)78(66(56)43-48)50-22-5-2-6-23-50)76-73(75-71)58-39-36-51(44-60(58)57-28-17-33-69-70(57)59-27-12-16-32-68(59)80-69)79-64-31-15-11-26-54(64)61-40-45-18-7-8-19-46(45)41-67(61)79/h1-44H. The molecule has 80 heavy (non-hydrogen) atoms. The van der Waals surface area contributed by atoms with E-state index in [1.165, 1.54) is 52.5 Å². The van der Waals surface area contributed by atoms with Crippen molar-refractivity contribution in [1.82, 2.24) is 28.7 Å². The van der Waals surface area contributed by atoms with Gasteiger partial charge in [0.15, 0.2) is 17.5 Å². The van der Waals surface area contributed by atoms with E-state index in [2.05, 4.69) is 281 Å². The van der Waals surface area contributed by atoms with Crippen molar-refractivity contribution in [3.63, 3.8) is 0 Å². The molecule has 17 aromatic rings. The fourth-order valence-electron chi connectivity index (χ4n) is 12.7. The van der Waals surface area contributed by atoms with Crippen LogP contribution >= 0.6 is 11.3 Å². The van der Waals surface area contributed by atoms with Crippen molar-refractivity contribution in [1.29, 1.82) is 0 Å². The molecule has 0 spiro atoms. The van der Waals surface area contributed by atoms with Gasteiger partial charge in [0.05, 0.1) is 33.1 Å². The van der Waals surface area contributed by atoms with Gasteiger partial charge >= 0.3 is 0 Å². The minimum Gasteiger partial charge on any atom is -0.309 e. The molecule has 5 heterocycles. The Balaban J connectivity index is 0.957. The molecule has 12 aromatic carbocycles. The molecule has 0 aliphatic heterocycles. The zero-order chi connectivity index (χ0) is 52.4. The highest BCUT2D eigenvalue weighted by atomic mass is 32.1. The van der Waals surface area contributed by atoms with Crippen LogP contribution < -0.4 is 0 Å². The summed E-state index contributed by atoms with van der Waals surface area (Å²) in [5, 5.41) is 12.0. The van der Waals surface area contributed by atoms with Crippen molar-refractivity contribution < 1.29 is 0 Å². The minimum absolute atomic E-state index is 0.587. The van der Waals surface area contributed by atoms with Crippen molar-refractivity contribution in [2.24, 2.45) is 0 Å². The lowest BCUT2D eigenvalue weighted by molar-refractivity contribution is 1.07. The molecule has 5 aromatic heterocycles. The van der Waals surface area contributed by atoms with Crippen LogP contribution in [0.15, 0.2) is 267 Å². The highest BCUT2D eigenvalue weighted by Crippen LogP contribution is 2.45. The van der Waals surface area contributed by atoms with Crippen molar-refractivity contribution >= 4 is 108 Å². The summed E-state index contributed by atoms with van der Waals surface area (Å²) in [6.45, 7) is 0. The molecule has 6 nitrogen and oxygen atoms in total. The quantitative estimate of drug-likeness (QED) is 0.160. The predicted molar refractivity (Wildman–Crippen MR) is 335 cm³/mol. The molecule has 0 aliphatic rings. The molecule has 0 saturated carbocycles. The van der Waals surface area contributed by atoms with E-state index in [0.29, 0.717) is 17.5 Å². The monoisotopic (exact) mass is 1040 g/mol. The van der Waals surface area contributed by atoms with E-state index < -0.39 is 0 Å². The molecule has 0 atom stereocenters. The molecule has 0 saturated heterocycles. The topological polar surface area (TPSA) is 53.5 Å². The SMILES string of the molecule is c1ccc(-n2c3ccccc3c3ccc(-c4nc(-c5ccc6c7ccccc7n(-c7ccccc7)c6c5)nc(-c5ccc(-n6c7ccccc7c7cc8ccccc8cc76)cc5-c5cccc6sc7ccccc7c56)n4)cc32)cc1. The second-order valence-corrected chi connectivity index (χ2v) is 21.8.